The van der Waals surface area contributed by atoms with Crippen molar-refractivity contribution in [3.8, 4) is 0 Å². The van der Waals surface area contributed by atoms with Gasteiger partial charge in [-0.05, 0) is 35.7 Å². The topological polar surface area (TPSA) is 63.4 Å². The standard InChI is InChI=1S/C17H16N2O2/c18-16(20)10-7-12-5-8-14(9-6-12)19-11-13-3-1-2-4-15(13)17(19)21/h1-6,8-9H,7,10-11H2,(H2,18,20). The van der Waals surface area contributed by atoms with E-state index >= 15 is 0 Å². The number of nitrogens with two attached hydrogens (primary N) is 1. The molecule has 1 aliphatic heterocycles. The summed E-state index contributed by atoms with van der Waals surface area (Å²) in [6.45, 7) is 0.607. The van der Waals surface area contributed by atoms with Gasteiger partial charge in [-0.3, -0.25) is 9.59 Å². The molecule has 0 aliphatic carbocycles. The van der Waals surface area contributed by atoms with Crippen molar-refractivity contribution < 1.29 is 9.59 Å². The Labute approximate surface area is 123 Å². The fourth-order valence-electron chi connectivity index (χ4n) is 2.57. The molecule has 2 aromatic rings. The molecule has 106 valence electrons. The molecular formula is C17H16N2O2. The minimum atomic E-state index is -0.302. The molecule has 2 aromatic carbocycles. The van der Waals surface area contributed by atoms with Crippen molar-refractivity contribution in [3.05, 3.63) is 65.2 Å². The Balaban J connectivity index is 1.77. The van der Waals surface area contributed by atoms with Gasteiger partial charge in [-0.2, -0.15) is 0 Å². The molecule has 0 saturated carbocycles. The van der Waals surface area contributed by atoms with Gasteiger partial charge in [-0.15, -0.1) is 0 Å². The minimum Gasteiger partial charge on any atom is -0.370 e. The summed E-state index contributed by atoms with van der Waals surface area (Å²) in [5.74, 6) is -0.264. The molecule has 2 N–H and O–H groups in total. The third-order valence-electron chi connectivity index (χ3n) is 3.73. The molecule has 4 heteroatoms. The van der Waals surface area contributed by atoms with Gasteiger partial charge >= 0.3 is 0 Å². The van der Waals surface area contributed by atoms with Crippen molar-refractivity contribution in [1.82, 2.24) is 0 Å². The molecule has 21 heavy (non-hydrogen) atoms. The molecular weight excluding hydrogens is 264 g/mol. The van der Waals surface area contributed by atoms with Gasteiger partial charge in [0.15, 0.2) is 0 Å². The molecule has 0 bridgehead atoms. The number of carbonyl (C=O) groups is 2. The van der Waals surface area contributed by atoms with Gasteiger partial charge in [0, 0.05) is 17.7 Å². The van der Waals surface area contributed by atoms with E-state index in [9.17, 15) is 9.59 Å². The minimum absolute atomic E-state index is 0.0375. The Morgan fingerprint density at radius 3 is 2.48 bits per heavy atom. The molecule has 0 spiro atoms. The number of hydrogen-bond donors (Lipinski definition) is 1. The molecule has 2 amide bonds. The van der Waals surface area contributed by atoms with Crippen molar-refractivity contribution >= 4 is 17.5 Å². The third kappa shape index (κ3) is 2.65. The van der Waals surface area contributed by atoms with E-state index in [0.29, 0.717) is 19.4 Å². The van der Waals surface area contributed by atoms with Crippen LogP contribution in [0.25, 0.3) is 0 Å². The summed E-state index contributed by atoms with van der Waals surface area (Å²) in [7, 11) is 0. The molecule has 3 rings (SSSR count). The van der Waals surface area contributed by atoms with E-state index in [1.165, 1.54) is 0 Å². The second-order valence-corrected chi connectivity index (χ2v) is 5.18. The van der Waals surface area contributed by atoms with Crippen LogP contribution in [0.15, 0.2) is 48.5 Å². The fourth-order valence-corrected chi connectivity index (χ4v) is 2.57. The molecule has 0 saturated heterocycles. The van der Waals surface area contributed by atoms with Gasteiger partial charge in [-0.25, -0.2) is 0 Å². The van der Waals surface area contributed by atoms with Gasteiger partial charge in [0.2, 0.25) is 5.91 Å². The lowest BCUT2D eigenvalue weighted by atomic mass is 10.1. The van der Waals surface area contributed by atoms with E-state index in [4.69, 9.17) is 5.73 Å². The van der Waals surface area contributed by atoms with E-state index in [1.807, 2.05) is 48.5 Å². The molecule has 0 radical (unpaired) electrons. The van der Waals surface area contributed by atoms with Crippen LogP contribution in [0.1, 0.15) is 27.9 Å². The SMILES string of the molecule is NC(=O)CCc1ccc(N2Cc3ccccc3C2=O)cc1. The van der Waals surface area contributed by atoms with Crippen LogP contribution >= 0.6 is 0 Å². The van der Waals surface area contributed by atoms with Gasteiger partial charge < -0.3 is 10.6 Å². The first-order valence-corrected chi connectivity index (χ1v) is 6.92. The highest BCUT2D eigenvalue weighted by atomic mass is 16.2. The summed E-state index contributed by atoms with van der Waals surface area (Å²) in [5, 5.41) is 0. The number of hydrogen-bond acceptors (Lipinski definition) is 2. The van der Waals surface area contributed by atoms with Crippen LogP contribution < -0.4 is 10.6 Å². The van der Waals surface area contributed by atoms with Crippen LogP contribution in [0.5, 0.6) is 0 Å². The maximum atomic E-state index is 12.4. The van der Waals surface area contributed by atoms with Crippen LogP contribution in [0, 0.1) is 0 Å². The van der Waals surface area contributed by atoms with E-state index in [-0.39, 0.29) is 11.8 Å². The number of anilines is 1. The molecule has 1 heterocycles. The van der Waals surface area contributed by atoms with Gasteiger partial charge in [0.1, 0.15) is 0 Å². The van der Waals surface area contributed by atoms with Crippen LogP contribution in [0.4, 0.5) is 5.69 Å². The van der Waals surface area contributed by atoms with Gasteiger partial charge in [-0.1, -0.05) is 30.3 Å². The number of fused-ring (bicyclic) bond motifs is 1. The summed E-state index contributed by atoms with van der Waals surface area (Å²) in [4.78, 5) is 24.9. The predicted molar refractivity (Wildman–Crippen MR) is 80.9 cm³/mol. The molecule has 1 aliphatic rings. The highest BCUT2D eigenvalue weighted by molar-refractivity contribution is 6.09. The zero-order chi connectivity index (χ0) is 14.8. The summed E-state index contributed by atoms with van der Waals surface area (Å²) in [6.07, 6.45) is 0.969. The molecule has 0 aromatic heterocycles. The summed E-state index contributed by atoms with van der Waals surface area (Å²) in [6, 6.07) is 15.4. The van der Waals surface area contributed by atoms with Crippen LogP contribution in [0.2, 0.25) is 0 Å². The number of amides is 2. The van der Waals surface area contributed by atoms with Crippen LogP contribution in [-0.2, 0) is 17.8 Å². The fraction of sp³-hybridized carbons (Fsp3) is 0.176. The van der Waals surface area contributed by atoms with Crippen molar-refractivity contribution in [3.63, 3.8) is 0 Å². The first-order valence-electron chi connectivity index (χ1n) is 6.92. The summed E-state index contributed by atoms with van der Waals surface area (Å²) in [5.41, 5.74) is 8.89. The van der Waals surface area contributed by atoms with Crippen molar-refractivity contribution in [2.45, 2.75) is 19.4 Å². The Morgan fingerprint density at radius 2 is 1.81 bits per heavy atom. The number of rotatable bonds is 4. The maximum Gasteiger partial charge on any atom is 0.258 e. The molecule has 0 unspecified atom stereocenters. The first kappa shape index (κ1) is 13.4. The second kappa shape index (κ2) is 5.40. The number of benzene rings is 2. The highest BCUT2D eigenvalue weighted by Gasteiger charge is 2.27. The smallest absolute Gasteiger partial charge is 0.258 e. The van der Waals surface area contributed by atoms with E-state index in [2.05, 4.69) is 0 Å². The molecule has 4 nitrogen and oxygen atoms in total. The van der Waals surface area contributed by atoms with Crippen LogP contribution in [0.3, 0.4) is 0 Å². The summed E-state index contributed by atoms with van der Waals surface area (Å²) >= 11 is 0. The lowest BCUT2D eigenvalue weighted by Crippen LogP contribution is -2.22. The Bertz CT molecular complexity index is 692. The van der Waals surface area contributed by atoms with Crippen molar-refractivity contribution in [2.75, 3.05) is 4.90 Å². The largest absolute Gasteiger partial charge is 0.370 e. The van der Waals surface area contributed by atoms with E-state index < -0.39 is 0 Å². The summed E-state index contributed by atoms with van der Waals surface area (Å²) < 4.78 is 0. The lowest BCUT2D eigenvalue weighted by molar-refractivity contribution is -0.117. The average Bonchev–Trinajstić information content (AvgIpc) is 2.83. The van der Waals surface area contributed by atoms with Crippen LogP contribution in [-0.4, -0.2) is 11.8 Å². The van der Waals surface area contributed by atoms with E-state index in [0.717, 1.165) is 22.4 Å². The maximum absolute atomic E-state index is 12.4. The number of nitrogens with zero attached hydrogens (tertiary/aromatic N) is 1. The number of carbonyl (C=O) groups excluding carboxylic acids is 2. The Hall–Kier alpha value is -2.62. The Morgan fingerprint density at radius 1 is 1.10 bits per heavy atom. The first-order chi connectivity index (χ1) is 10.1. The van der Waals surface area contributed by atoms with E-state index in [1.54, 1.807) is 4.90 Å². The zero-order valence-corrected chi connectivity index (χ0v) is 11.6. The molecule has 0 fully saturated rings. The number of primary amides is 1. The monoisotopic (exact) mass is 280 g/mol. The highest BCUT2D eigenvalue weighted by Crippen LogP contribution is 2.28. The predicted octanol–water partition coefficient (Wildman–Crippen LogP) is 2.26. The van der Waals surface area contributed by atoms with Gasteiger partial charge in [0.05, 0.1) is 6.54 Å². The van der Waals surface area contributed by atoms with Gasteiger partial charge in [0.25, 0.3) is 5.91 Å². The second-order valence-electron chi connectivity index (χ2n) is 5.18. The quantitative estimate of drug-likeness (QED) is 0.933. The number of aryl methyl sites for hydroxylation is 1. The lowest BCUT2D eigenvalue weighted by Gasteiger charge is -2.16. The van der Waals surface area contributed by atoms with Crippen molar-refractivity contribution in [2.24, 2.45) is 5.73 Å². The molecule has 0 atom stereocenters. The third-order valence-corrected chi connectivity index (χ3v) is 3.73. The average molecular weight is 280 g/mol. The zero-order valence-electron chi connectivity index (χ0n) is 11.6. The normalized spacial score (nSPS) is 13.3. The Kier molecular flexibility index (Phi) is 3.44. The van der Waals surface area contributed by atoms with Crippen molar-refractivity contribution in [1.29, 1.82) is 0 Å².